The Morgan fingerprint density at radius 3 is 2.58 bits per heavy atom. The van der Waals surface area contributed by atoms with Crippen LogP contribution in [-0.2, 0) is 0 Å². The molecular weight excluding hydrogens is 406 g/mol. The number of aromatic nitrogens is 2. The first-order valence-corrected chi connectivity index (χ1v) is 11.9. The summed E-state index contributed by atoms with van der Waals surface area (Å²) in [5, 5.41) is 3.91. The van der Waals surface area contributed by atoms with Crippen LogP contribution in [0.25, 0.3) is 5.65 Å². The summed E-state index contributed by atoms with van der Waals surface area (Å²) < 4.78 is 1.96. The second-order valence-corrected chi connectivity index (χ2v) is 9.66. The third-order valence-corrected chi connectivity index (χ3v) is 6.63. The normalized spacial score (nSPS) is 16.0. The van der Waals surface area contributed by atoms with E-state index in [0.29, 0.717) is 24.1 Å². The van der Waals surface area contributed by atoms with Crippen molar-refractivity contribution in [3.63, 3.8) is 0 Å². The van der Waals surface area contributed by atoms with Gasteiger partial charge in [0.1, 0.15) is 11.3 Å². The van der Waals surface area contributed by atoms with E-state index in [-0.39, 0.29) is 11.8 Å². The number of benzene rings is 1. The summed E-state index contributed by atoms with van der Waals surface area (Å²) in [5.74, 6) is 1.25. The average molecular weight is 438 g/mol. The van der Waals surface area contributed by atoms with E-state index < -0.39 is 0 Å². The minimum absolute atomic E-state index is 0.0547. The zero-order valence-electron chi connectivity index (χ0n) is 18.5. The van der Waals surface area contributed by atoms with E-state index in [9.17, 15) is 4.79 Å². The molecule has 2 aromatic heterocycles. The van der Waals surface area contributed by atoms with Crippen molar-refractivity contribution in [2.24, 2.45) is 5.92 Å². The van der Waals surface area contributed by atoms with E-state index in [0.717, 1.165) is 22.8 Å². The summed E-state index contributed by atoms with van der Waals surface area (Å²) in [6, 6.07) is 13.8. The lowest BCUT2D eigenvalue weighted by Crippen LogP contribution is -2.30. The first-order valence-electron chi connectivity index (χ1n) is 11.5. The number of imidazole rings is 1. The molecule has 0 aliphatic heterocycles. The fourth-order valence-electron chi connectivity index (χ4n) is 4.76. The summed E-state index contributed by atoms with van der Waals surface area (Å²) >= 11 is 6.06. The van der Waals surface area contributed by atoms with E-state index in [1.165, 1.54) is 37.7 Å². The number of carbonyl (C=O) groups excluding carboxylic acids is 1. The van der Waals surface area contributed by atoms with Gasteiger partial charge in [0, 0.05) is 29.6 Å². The zero-order valence-corrected chi connectivity index (χ0v) is 19.2. The highest BCUT2D eigenvalue weighted by molar-refractivity contribution is 6.30. The second kappa shape index (κ2) is 9.86. The summed E-state index contributed by atoms with van der Waals surface area (Å²) in [7, 11) is 0. The van der Waals surface area contributed by atoms with Gasteiger partial charge in [-0.15, -0.1) is 0 Å². The molecule has 1 N–H and O–H groups in total. The van der Waals surface area contributed by atoms with Crippen molar-refractivity contribution < 1.29 is 4.79 Å². The molecule has 0 bridgehead atoms. The molecule has 1 unspecified atom stereocenters. The molecule has 1 aromatic carbocycles. The van der Waals surface area contributed by atoms with E-state index in [1.807, 2.05) is 34.7 Å². The van der Waals surface area contributed by atoms with Gasteiger partial charge >= 0.3 is 0 Å². The van der Waals surface area contributed by atoms with Gasteiger partial charge in [0.2, 0.25) is 0 Å². The second-order valence-electron chi connectivity index (χ2n) is 9.23. The maximum Gasteiger partial charge on any atom is 0.268 e. The Kier molecular flexibility index (Phi) is 6.96. The van der Waals surface area contributed by atoms with Crippen LogP contribution in [0.1, 0.15) is 86.0 Å². The number of nitrogens with zero attached hydrogens (tertiary/aromatic N) is 2. The van der Waals surface area contributed by atoms with Gasteiger partial charge in [0.25, 0.3) is 5.91 Å². The Morgan fingerprint density at radius 2 is 1.87 bits per heavy atom. The van der Waals surface area contributed by atoms with Crippen LogP contribution in [0.3, 0.4) is 0 Å². The minimum atomic E-state index is -0.0547. The first-order chi connectivity index (χ1) is 15.0. The van der Waals surface area contributed by atoms with Crippen LogP contribution < -0.4 is 5.32 Å². The van der Waals surface area contributed by atoms with E-state index >= 15 is 0 Å². The van der Waals surface area contributed by atoms with Gasteiger partial charge in [-0.25, -0.2) is 4.98 Å². The number of fused-ring (bicyclic) bond motifs is 1. The molecule has 5 heteroatoms. The topological polar surface area (TPSA) is 46.4 Å². The van der Waals surface area contributed by atoms with Crippen LogP contribution in [-0.4, -0.2) is 21.8 Å². The molecule has 1 fully saturated rings. The van der Waals surface area contributed by atoms with Gasteiger partial charge < -0.3 is 5.32 Å². The number of nitrogens with one attached hydrogen (secondary N) is 1. The minimum Gasteiger partial charge on any atom is -0.350 e. The van der Waals surface area contributed by atoms with E-state index in [2.05, 4.69) is 37.5 Å². The lowest BCUT2D eigenvalue weighted by molar-refractivity contribution is 0.0943. The molecule has 2 heterocycles. The fraction of sp³-hybridized carbons (Fsp3) is 0.462. The molecule has 3 aromatic rings. The van der Waals surface area contributed by atoms with Crippen LogP contribution >= 0.6 is 11.6 Å². The van der Waals surface area contributed by atoms with Crippen molar-refractivity contribution in [3.8, 4) is 0 Å². The molecule has 4 rings (SSSR count). The van der Waals surface area contributed by atoms with Crippen LogP contribution in [0.5, 0.6) is 0 Å². The van der Waals surface area contributed by atoms with Gasteiger partial charge in [0.15, 0.2) is 0 Å². The summed E-state index contributed by atoms with van der Waals surface area (Å²) in [6.45, 7) is 5.02. The largest absolute Gasteiger partial charge is 0.350 e. The van der Waals surface area contributed by atoms with Crippen molar-refractivity contribution >= 4 is 23.2 Å². The number of hydrogen-bond acceptors (Lipinski definition) is 2. The molecular formula is C26H32ClN3O. The molecule has 0 saturated heterocycles. The van der Waals surface area contributed by atoms with Crippen LogP contribution in [0, 0.1) is 5.92 Å². The third kappa shape index (κ3) is 5.30. The monoisotopic (exact) mass is 437 g/mol. The number of hydrogen-bond donors (Lipinski definition) is 1. The predicted molar refractivity (Wildman–Crippen MR) is 127 cm³/mol. The molecule has 1 amide bonds. The Hall–Kier alpha value is -2.33. The third-order valence-electron chi connectivity index (χ3n) is 6.37. The SMILES string of the molecule is CC(C)CC(CNC(=O)c1cccc2nc(C3CCCCC3)cn12)c1ccc(Cl)cc1. The molecule has 0 radical (unpaired) electrons. The van der Waals surface area contributed by atoms with Crippen molar-refractivity contribution in [1.29, 1.82) is 0 Å². The molecule has 164 valence electrons. The number of halogens is 1. The Labute approximate surface area is 190 Å². The zero-order chi connectivity index (χ0) is 21.8. The maximum atomic E-state index is 13.1. The van der Waals surface area contributed by atoms with Gasteiger partial charge in [-0.3, -0.25) is 9.20 Å². The molecule has 1 saturated carbocycles. The lowest BCUT2D eigenvalue weighted by atomic mass is 9.87. The Balaban J connectivity index is 1.51. The van der Waals surface area contributed by atoms with Crippen LogP contribution in [0.4, 0.5) is 0 Å². The van der Waals surface area contributed by atoms with Crippen molar-refractivity contribution in [2.45, 2.75) is 64.2 Å². The van der Waals surface area contributed by atoms with E-state index in [1.54, 1.807) is 0 Å². The van der Waals surface area contributed by atoms with Gasteiger partial charge in [-0.1, -0.05) is 62.9 Å². The van der Waals surface area contributed by atoms with Gasteiger partial charge in [-0.2, -0.15) is 0 Å². The average Bonchev–Trinajstić information content (AvgIpc) is 3.22. The van der Waals surface area contributed by atoms with Crippen molar-refractivity contribution in [3.05, 3.63) is 70.6 Å². The molecule has 31 heavy (non-hydrogen) atoms. The van der Waals surface area contributed by atoms with Crippen molar-refractivity contribution in [1.82, 2.24) is 14.7 Å². The van der Waals surface area contributed by atoms with Crippen LogP contribution in [0.15, 0.2) is 48.7 Å². The quantitative estimate of drug-likeness (QED) is 0.452. The highest BCUT2D eigenvalue weighted by Gasteiger charge is 2.21. The summed E-state index contributed by atoms with van der Waals surface area (Å²) in [4.78, 5) is 18.0. The number of rotatable bonds is 7. The summed E-state index contributed by atoms with van der Waals surface area (Å²) in [5.41, 5.74) is 3.83. The maximum absolute atomic E-state index is 13.1. The standard InChI is InChI=1S/C26H32ClN3O/c1-18(2)15-21(19-11-13-22(27)14-12-19)16-28-26(31)24-9-6-10-25-29-23(17-30(24)25)20-7-4-3-5-8-20/h6,9-14,17-18,20-21H,3-5,7-8,15-16H2,1-2H3,(H,28,31). The first kappa shape index (κ1) is 21.9. The Bertz CT molecular complexity index is 1020. The highest BCUT2D eigenvalue weighted by Crippen LogP contribution is 2.32. The lowest BCUT2D eigenvalue weighted by Gasteiger charge is -2.20. The number of amides is 1. The molecule has 4 nitrogen and oxygen atoms in total. The smallest absolute Gasteiger partial charge is 0.268 e. The molecule has 1 atom stereocenters. The van der Waals surface area contributed by atoms with Crippen LogP contribution in [0.2, 0.25) is 5.02 Å². The number of carbonyl (C=O) groups is 1. The van der Waals surface area contributed by atoms with Crippen molar-refractivity contribution in [2.75, 3.05) is 6.54 Å². The number of pyridine rings is 1. The van der Waals surface area contributed by atoms with Gasteiger partial charge in [0.05, 0.1) is 5.69 Å². The fourth-order valence-corrected chi connectivity index (χ4v) is 4.88. The Morgan fingerprint density at radius 1 is 1.13 bits per heavy atom. The highest BCUT2D eigenvalue weighted by atomic mass is 35.5. The molecule has 1 aliphatic carbocycles. The summed E-state index contributed by atoms with van der Waals surface area (Å²) in [6.07, 6.45) is 9.34. The molecule has 0 spiro atoms. The molecule has 1 aliphatic rings. The predicted octanol–water partition coefficient (Wildman–Crippen LogP) is 6.60. The van der Waals surface area contributed by atoms with Gasteiger partial charge in [-0.05, 0) is 55.0 Å². The van der Waals surface area contributed by atoms with E-state index in [4.69, 9.17) is 16.6 Å².